The monoisotopic (exact) mass is 1110 g/mol. The predicted octanol–water partition coefficient (Wildman–Crippen LogP) is 7.14. The van der Waals surface area contributed by atoms with Crippen molar-refractivity contribution in [2.24, 2.45) is 5.92 Å². The number of amides is 4. The number of nitrogens with one attached hydrogen (secondary N) is 2. The van der Waals surface area contributed by atoms with E-state index in [1.807, 2.05) is 143 Å². The molecule has 1 saturated heterocycles. The predicted molar refractivity (Wildman–Crippen MR) is 310 cm³/mol. The van der Waals surface area contributed by atoms with Gasteiger partial charge in [0.25, 0.3) is 5.91 Å². The second-order valence-corrected chi connectivity index (χ2v) is 25.9. The molecule has 18 heteroatoms. The highest BCUT2D eigenvalue weighted by molar-refractivity contribution is 6.71. The Bertz CT molecular complexity index is 3010. The Balaban J connectivity index is 1.13. The van der Waals surface area contributed by atoms with E-state index in [2.05, 4.69) is 10.6 Å². The summed E-state index contributed by atoms with van der Waals surface area (Å²) in [7, 11) is -3.30. The van der Waals surface area contributed by atoms with Crippen LogP contribution in [-0.2, 0) is 55.4 Å². The van der Waals surface area contributed by atoms with Gasteiger partial charge in [-0.25, -0.2) is 0 Å². The second kappa shape index (κ2) is 25.5. The van der Waals surface area contributed by atoms with Gasteiger partial charge in [-0.15, -0.1) is 0 Å². The van der Waals surface area contributed by atoms with Gasteiger partial charge in [0, 0.05) is 54.7 Å². The van der Waals surface area contributed by atoms with Crippen LogP contribution in [-0.4, -0.2) is 128 Å². The van der Waals surface area contributed by atoms with Gasteiger partial charge in [-0.3, -0.25) is 29.0 Å². The Hall–Kier alpha value is -6.48. The third-order valence-electron chi connectivity index (χ3n) is 16.1. The first kappa shape index (κ1) is 58.2. The average Bonchev–Trinajstić information content (AvgIpc) is 3.76. The topological polar surface area (TPSA) is 214 Å². The number of hydrogen-bond acceptors (Lipinski definition) is 13. The molecule has 9 rings (SSSR count). The molecule has 4 aliphatic heterocycles. The van der Waals surface area contributed by atoms with Crippen molar-refractivity contribution in [3.63, 3.8) is 0 Å². The van der Waals surface area contributed by atoms with Crippen LogP contribution in [0.4, 0.5) is 28.4 Å². The minimum absolute atomic E-state index is 0.0418. The number of anilines is 5. The SMILES string of the molecule is CCOc1ccc2c(c1)CC(NCCCCO)C(=O)N2c1cccc(CN2C(=O)[C@@]3(O[C@@H](CC(=O)N(CCO)Cc4ccccc4)[C@H]([Si](C)(C)O)[C@H]3C)c3cc(N4C(=O)C(NCCCCO)Cc5cc(OCC)ccc54)ccc32)c1. The third-order valence-corrected chi connectivity index (χ3v) is 18.6. The summed E-state index contributed by atoms with van der Waals surface area (Å²) in [4.78, 5) is 79.3. The van der Waals surface area contributed by atoms with Gasteiger partial charge in [0.2, 0.25) is 17.7 Å². The molecule has 6 atom stereocenters. The molecule has 5 aromatic carbocycles. The Morgan fingerprint density at radius 1 is 0.700 bits per heavy atom. The van der Waals surface area contributed by atoms with Crippen molar-refractivity contribution >= 4 is 60.4 Å². The summed E-state index contributed by atoms with van der Waals surface area (Å²) in [6.07, 6.45) is 2.34. The number of ether oxygens (including phenoxy) is 3. The Morgan fingerprint density at radius 2 is 1.26 bits per heavy atom. The van der Waals surface area contributed by atoms with E-state index in [0.717, 1.165) is 22.4 Å². The standard InChI is InChI=1S/C62H78N6O11Si/c1-6-77-48-21-24-53-44(33-48)35-51(63-26-11-13-29-69)59(73)67(53)46-19-15-18-43(32-46)40-66-55-23-20-47(68-54-25-22-49(78-7-2)34-45(54)36-52(60(68)74)64-27-12-14-30-70)37-50(55)62(61(66)75)41(3)58(80(4,5)76)56(79-62)38-57(72)65(28-31-71)39-42-16-9-8-10-17-42/h8-10,15-25,32-34,37,41,51-52,56,58,63-64,69-71,76H,6-7,11-14,26-31,35-36,38-40H2,1-5H3/t41-,51?,52?,56+,58-,62+/m1/s1. The van der Waals surface area contributed by atoms with E-state index in [1.54, 1.807) is 19.6 Å². The van der Waals surface area contributed by atoms with Crippen molar-refractivity contribution in [3.05, 3.63) is 137 Å². The summed E-state index contributed by atoms with van der Waals surface area (Å²) in [6, 6.07) is 32.9. The molecule has 17 nitrogen and oxygen atoms in total. The molecule has 1 spiro atoms. The zero-order chi connectivity index (χ0) is 56.7. The molecule has 6 N–H and O–H groups in total. The first-order valence-electron chi connectivity index (χ1n) is 28.4. The molecule has 4 aliphatic rings. The number of aliphatic hydroxyl groups is 3. The number of nitrogens with zero attached hydrogens (tertiary/aromatic N) is 4. The highest BCUT2D eigenvalue weighted by atomic mass is 28.4. The minimum atomic E-state index is -3.30. The molecule has 80 heavy (non-hydrogen) atoms. The van der Waals surface area contributed by atoms with Crippen molar-refractivity contribution in [1.29, 1.82) is 0 Å². The van der Waals surface area contributed by atoms with E-state index in [-0.39, 0.29) is 69.5 Å². The van der Waals surface area contributed by atoms with E-state index in [9.17, 15) is 34.5 Å². The summed E-state index contributed by atoms with van der Waals surface area (Å²) < 4.78 is 19.1. The lowest BCUT2D eigenvalue weighted by Gasteiger charge is -2.36. The maximum absolute atomic E-state index is 16.1. The molecule has 0 radical (unpaired) electrons. The molecule has 5 aromatic rings. The van der Waals surface area contributed by atoms with Gasteiger partial charge in [-0.1, -0.05) is 49.4 Å². The number of benzene rings is 5. The molecular formula is C62H78N6O11Si. The van der Waals surface area contributed by atoms with Crippen LogP contribution in [0.1, 0.15) is 80.7 Å². The maximum Gasteiger partial charge on any atom is 0.264 e. The van der Waals surface area contributed by atoms with Gasteiger partial charge in [0.15, 0.2) is 13.9 Å². The largest absolute Gasteiger partial charge is 0.494 e. The summed E-state index contributed by atoms with van der Waals surface area (Å²) in [5, 5.41) is 36.1. The normalized spacial score (nSPS) is 21.5. The lowest BCUT2D eigenvalue weighted by molar-refractivity contribution is -0.150. The Morgan fingerprint density at radius 3 is 1.81 bits per heavy atom. The fourth-order valence-corrected chi connectivity index (χ4v) is 15.1. The van der Waals surface area contributed by atoms with E-state index in [4.69, 9.17) is 14.2 Å². The molecule has 426 valence electrons. The number of carbonyl (C=O) groups excluding carboxylic acids is 4. The van der Waals surface area contributed by atoms with E-state index >= 15 is 4.79 Å². The molecular weight excluding hydrogens is 1030 g/mol. The van der Waals surface area contributed by atoms with Crippen LogP contribution in [0.5, 0.6) is 11.5 Å². The molecule has 0 saturated carbocycles. The van der Waals surface area contributed by atoms with Crippen LogP contribution in [0, 0.1) is 5.92 Å². The summed E-state index contributed by atoms with van der Waals surface area (Å²) in [6.45, 7) is 11.6. The van der Waals surface area contributed by atoms with Gasteiger partial charge >= 0.3 is 0 Å². The molecule has 0 aliphatic carbocycles. The molecule has 4 amide bonds. The smallest absolute Gasteiger partial charge is 0.264 e. The lowest BCUT2D eigenvalue weighted by atomic mass is 9.82. The zero-order valence-corrected chi connectivity index (χ0v) is 47.7. The molecule has 4 heterocycles. The summed E-state index contributed by atoms with van der Waals surface area (Å²) >= 11 is 0. The first-order chi connectivity index (χ1) is 38.6. The number of hydrogen-bond donors (Lipinski definition) is 6. The number of aliphatic hydroxyl groups excluding tert-OH is 3. The van der Waals surface area contributed by atoms with Gasteiger partial charge in [-0.2, -0.15) is 0 Å². The highest BCUT2D eigenvalue weighted by Crippen LogP contribution is 2.61. The average molecular weight is 1110 g/mol. The van der Waals surface area contributed by atoms with E-state index < -0.39 is 43.6 Å². The Kier molecular flexibility index (Phi) is 18.6. The van der Waals surface area contributed by atoms with Crippen LogP contribution in [0.25, 0.3) is 0 Å². The van der Waals surface area contributed by atoms with Crippen LogP contribution < -0.4 is 34.8 Å². The lowest BCUT2D eigenvalue weighted by Crippen LogP contribution is -2.49. The summed E-state index contributed by atoms with van der Waals surface area (Å²) in [5.74, 6) is -0.317. The van der Waals surface area contributed by atoms with E-state index in [0.29, 0.717) is 110 Å². The molecule has 0 aromatic heterocycles. The van der Waals surface area contributed by atoms with Crippen molar-refractivity contribution in [2.75, 3.05) is 67.4 Å². The van der Waals surface area contributed by atoms with Crippen LogP contribution in [0.15, 0.2) is 109 Å². The maximum atomic E-state index is 16.1. The molecule has 2 unspecified atom stereocenters. The second-order valence-electron chi connectivity index (χ2n) is 21.9. The number of rotatable bonds is 25. The number of unbranched alkanes of at least 4 members (excludes halogenated alkanes) is 2. The van der Waals surface area contributed by atoms with Crippen LogP contribution in [0.2, 0.25) is 18.6 Å². The van der Waals surface area contributed by atoms with Gasteiger partial charge < -0.3 is 54.8 Å². The Labute approximate surface area is 470 Å². The molecule has 0 bridgehead atoms. The quantitative estimate of drug-likeness (QED) is 0.0254. The van der Waals surface area contributed by atoms with Gasteiger partial charge in [0.1, 0.15) is 11.5 Å². The molecule has 1 fully saturated rings. The summed E-state index contributed by atoms with van der Waals surface area (Å²) in [5.41, 5.74) is 4.58. The van der Waals surface area contributed by atoms with Crippen molar-refractivity contribution in [3.8, 4) is 11.5 Å². The van der Waals surface area contributed by atoms with Gasteiger partial charge in [0.05, 0.1) is 68.0 Å². The van der Waals surface area contributed by atoms with Crippen LogP contribution >= 0.6 is 0 Å². The van der Waals surface area contributed by atoms with Crippen molar-refractivity contribution in [1.82, 2.24) is 15.5 Å². The van der Waals surface area contributed by atoms with Crippen molar-refractivity contribution < 1.29 is 53.5 Å². The number of fused-ring (bicyclic) bond motifs is 4. The zero-order valence-electron chi connectivity index (χ0n) is 46.7. The fraction of sp³-hybridized carbons (Fsp3) is 0.452. The van der Waals surface area contributed by atoms with Crippen LogP contribution in [0.3, 0.4) is 0 Å². The van der Waals surface area contributed by atoms with E-state index in [1.165, 1.54) is 0 Å². The fourth-order valence-electron chi connectivity index (χ4n) is 12.5. The minimum Gasteiger partial charge on any atom is -0.494 e. The van der Waals surface area contributed by atoms with Crippen molar-refractivity contribution in [2.45, 2.75) is 121 Å². The highest BCUT2D eigenvalue weighted by Gasteiger charge is 2.66. The first-order valence-corrected chi connectivity index (χ1v) is 31.4. The number of carbonyl (C=O) groups is 4. The third kappa shape index (κ3) is 11.9. The van der Waals surface area contributed by atoms with Gasteiger partial charge in [-0.05, 0) is 168 Å².